The molecule has 3 aromatic carbocycles. The topological polar surface area (TPSA) is 94.8 Å². The van der Waals surface area contributed by atoms with E-state index in [1.807, 2.05) is 6.07 Å². The Hall–Kier alpha value is -4.05. The number of hydrogen-bond acceptors (Lipinski definition) is 6. The number of halogens is 2. The SMILES string of the molecule is COc1cccc(C=Nn2c(C)nc3ccc(Br)cc3c2=O)c1OCC(=O)Nc1cccc(F)c1. The molecule has 10 heteroatoms. The summed E-state index contributed by atoms with van der Waals surface area (Å²) in [6.07, 6.45) is 1.43. The predicted molar refractivity (Wildman–Crippen MR) is 135 cm³/mol. The van der Waals surface area contributed by atoms with Crippen molar-refractivity contribution < 1.29 is 18.7 Å². The number of rotatable bonds is 7. The molecule has 1 N–H and O–H groups in total. The van der Waals surface area contributed by atoms with Gasteiger partial charge in [-0.1, -0.05) is 28.1 Å². The summed E-state index contributed by atoms with van der Waals surface area (Å²) < 4.78 is 26.4. The second kappa shape index (κ2) is 10.5. The van der Waals surface area contributed by atoms with E-state index in [4.69, 9.17) is 9.47 Å². The zero-order valence-corrected chi connectivity index (χ0v) is 20.4. The quantitative estimate of drug-likeness (QED) is 0.349. The van der Waals surface area contributed by atoms with E-state index in [1.165, 1.54) is 36.2 Å². The Labute approximate surface area is 208 Å². The van der Waals surface area contributed by atoms with Crippen LogP contribution in [0.25, 0.3) is 10.9 Å². The van der Waals surface area contributed by atoms with E-state index in [9.17, 15) is 14.0 Å². The summed E-state index contributed by atoms with van der Waals surface area (Å²) in [6, 6.07) is 15.9. The second-order valence-electron chi connectivity index (χ2n) is 7.41. The number of carbonyl (C=O) groups excluding carboxylic acids is 1. The Bertz CT molecular complexity index is 1500. The highest BCUT2D eigenvalue weighted by atomic mass is 79.9. The van der Waals surface area contributed by atoms with Gasteiger partial charge in [0.2, 0.25) is 0 Å². The van der Waals surface area contributed by atoms with Gasteiger partial charge in [-0.05, 0) is 55.5 Å². The molecule has 0 fully saturated rings. The second-order valence-corrected chi connectivity index (χ2v) is 8.32. The normalized spacial score (nSPS) is 11.1. The maximum Gasteiger partial charge on any atom is 0.282 e. The Morgan fingerprint density at radius 3 is 2.77 bits per heavy atom. The average molecular weight is 539 g/mol. The van der Waals surface area contributed by atoms with E-state index < -0.39 is 11.7 Å². The van der Waals surface area contributed by atoms with E-state index >= 15 is 0 Å². The fourth-order valence-electron chi connectivity index (χ4n) is 3.37. The monoisotopic (exact) mass is 538 g/mol. The van der Waals surface area contributed by atoms with Gasteiger partial charge < -0.3 is 14.8 Å². The summed E-state index contributed by atoms with van der Waals surface area (Å²) in [4.78, 5) is 29.8. The number of methoxy groups -OCH3 is 1. The predicted octanol–water partition coefficient (Wildman–Crippen LogP) is 4.51. The van der Waals surface area contributed by atoms with Crippen LogP contribution in [0.5, 0.6) is 11.5 Å². The molecule has 4 rings (SSSR count). The lowest BCUT2D eigenvalue weighted by Crippen LogP contribution is -2.21. The summed E-state index contributed by atoms with van der Waals surface area (Å²) in [5.74, 6) is 0.0853. The van der Waals surface area contributed by atoms with Crippen molar-refractivity contribution >= 4 is 44.6 Å². The molecule has 1 amide bonds. The van der Waals surface area contributed by atoms with Gasteiger partial charge in [-0.3, -0.25) is 9.59 Å². The van der Waals surface area contributed by atoms with Crippen LogP contribution in [0, 0.1) is 12.7 Å². The molecule has 0 spiro atoms. The number of nitrogens with one attached hydrogen (secondary N) is 1. The highest BCUT2D eigenvalue weighted by molar-refractivity contribution is 9.10. The summed E-state index contributed by atoms with van der Waals surface area (Å²) in [7, 11) is 1.47. The third-order valence-corrected chi connectivity index (χ3v) is 5.46. The van der Waals surface area contributed by atoms with Crippen molar-refractivity contribution in [3.8, 4) is 11.5 Å². The fourth-order valence-corrected chi connectivity index (χ4v) is 3.73. The Morgan fingerprint density at radius 1 is 1.20 bits per heavy atom. The molecule has 1 aromatic heterocycles. The number of ether oxygens (including phenoxy) is 2. The maximum atomic E-state index is 13.4. The Balaban J connectivity index is 1.60. The van der Waals surface area contributed by atoms with Crippen molar-refractivity contribution in [1.29, 1.82) is 0 Å². The molecule has 0 saturated heterocycles. The van der Waals surface area contributed by atoms with Crippen LogP contribution >= 0.6 is 15.9 Å². The van der Waals surface area contributed by atoms with E-state index in [0.717, 1.165) is 4.47 Å². The standard InChI is InChI=1S/C25H20BrFN4O4/c1-15-29-21-10-9-17(26)11-20(21)25(33)31(15)28-13-16-5-3-8-22(34-2)24(16)35-14-23(32)30-19-7-4-6-18(27)12-19/h3-13H,14H2,1-2H3,(H,30,32). The van der Waals surface area contributed by atoms with Gasteiger partial charge in [-0.2, -0.15) is 9.78 Å². The molecule has 1 heterocycles. The minimum Gasteiger partial charge on any atom is -0.493 e. The molecule has 0 atom stereocenters. The third-order valence-electron chi connectivity index (χ3n) is 4.97. The van der Waals surface area contributed by atoms with Crippen molar-refractivity contribution in [1.82, 2.24) is 9.66 Å². The molecule has 178 valence electrons. The molecule has 0 bridgehead atoms. The number of para-hydroxylation sites is 1. The van der Waals surface area contributed by atoms with Gasteiger partial charge in [0.1, 0.15) is 11.6 Å². The van der Waals surface area contributed by atoms with Gasteiger partial charge >= 0.3 is 0 Å². The van der Waals surface area contributed by atoms with Crippen LogP contribution in [-0.2, 0) is 4.79 Å². The minimum absolute atomic E-state index is 0.260. The van der Waals surface area contributed by atoms with E-state index in [2.05, 4.69) is 31.3 Å². The van der Waals surface area contributed by atoms with Crippen LogP contribution in [0.15, 0.2) is 75.0 Å². The van der Waals surface area contributed by atoms with Crippen molar-refractivity contribution in [2.45, 2.75) is 6.92 Å². The van der Waals surface area contributed by atoms with Crippen LogP contribution in [0.4, 0.5) is 10.1 Å². The number of amides is 1. The molecule has 4 aromatic rings. The fraction of sp³-hybridized carbons (Fsp3) is 0.120. The zero-order valence-electron chi connectivity index (χ0n) is 18.8. The zero-order chi connectivity index (χ0) is 24.9. The molecular formula is C25H20BrFN4O4. The van der Waals surface area contributed by atoms with Gasteiger partial charge in [0.15, 0.2) is 18.1 Å². The number of anilines is 1. The number of benzene rings is 3. The average Bonchev–Trinajstić information content (AvgIpc) is 2.83. The maximum absolute atomic E-state index is 13.4. The third kappa shape index (κ3) is 5.55. The summed E-state index contributed by atoms with van der Waals surface area (Å²) in [5, 5.41) is 7.30. The first-order chi connectivity index (χ1) is 16.9. The molecule has 0 aliphatic heterocycles. The number of hydrogen-bond donors (Lipinski definition) is 1. The molecule has 0 aliphatic rings. The highest BCUT2D eigenvalue weighted by Crippen LogP contribution is 2.30. The van der Waals surface area contributed by atoms with Crippen molar-refractivity contribution in [3.63, 3.8) is 0 Å². The van der Waals surface area contributed by atoms with Gasteiger partial charge in [0, 0.05) is 15.7 Å². The summed E-state index contributed by atoms with van der Waals surface area (Å²) in [5.41, 5.74) is 1.02. The van der Waals surface area contributed by atoms with Crippen LogP contribution in [-0.4, -0.2) is 35.5 Å². The number of aryl methyl sites for hydroxylation is 1. The minimum atomic E-state index is -0.485. The van der Waals surface area contributed by atoms with E-state index in [-0.39, 0.29) is 17.9 Å². The molecule has 0 radical (unpaired) electrons. The van der Waals surface area contributed by atoms with Crippen molar-refractivity contribution in [2.75, 3.05) is 19.0 Å². The molecule has 8 nitrogen and oxygen atoms in total. The summed E-state index contributed by atoms with van der Waals surface area (Å²) in [6.45, 7) is 1.32. The molecule has 0 saturated carbocycles. The molecule has 0 aliphatic carbocycles. The van der Waals surface area contributed by atoms with Crippen molar-refractivity contribution in [3.05, 3.63) is 92.7 Å². The first kappa shape index (κ1) is 24.1. The largest absolute Gasteiger partial charge is 0.493 e. The van der Waals surface area contributed by atoms with Crippen LogP contribution in [0.1, 0.15) is 11.4 Å². The molecular weight excluding hydrogens is 519 g/mol. The number of fused-ring (bicyclic) bond motifs is 1. The van der Waals surface area contributed by atoms with Crippen molar-refractivity contribution in [2.24, 2.45) is 5.10 Å². The highest BCUT2D eigenvalue weighted by Gasteiger charge is 2.13. The van der Waals surface area contributed by atoms with Crippen LogP contribution in [0.3, 0.4) is 0 Å². The summed E-state index contributed by atoms with van der Waals surface area (Å²) >= 11 is 3.37. The van der Waals surface area contributed by atoms with E-state index in [1.54, 1.807) is 43.3 Å². The smallest absolute Gasteiger partial charge is 0.282 e. The first-order valence-corrected chi connectivity index (χ1v) is 11.2. The van der Waals surface area contributed by atoms with Crippen LogP contribution < -0.4 is 20.3 Å². The molecule has 35 heavy (non-hydrogen) atoms. The Kier molecular flexibility index (Phi) is 7.21. The lowest BCUT2D eigenvalue weighted by atomic mass is 10.2. The van der Waals surface area contributed by atoms with Crippen LogP contribution in [0.2, 0.25) is 0 Å². The number of aromatic nitrogens is 2. The van der Waals surface area contributed by atoms with Gasteiger partial charge in [0.25, 0.3) is 11.5 Å². The lowest BCUT2D eigenvalue weighted by Gasteiger charge is -2.13. The molecule has 0 unspecified atom stereocenters. The lowest BCUT2D eigenvalue weighted by molar-refractivity contribution is -0.118. The van der Waals surface area contributed by atoms with E-state index in [0.29, 0.717) is 33.7 Å². The number of nitrogens with zero attached hydrogens (tertiary/aromatic N) is 3. The van der Waals surface area contributed by atoms with Gasteiger partial charge in [-0.25, -0.2) is 9.37 Å². The Morgan fingerprint density at radius 2 is 2.00 bits per heavy atom. The van der Waals surface area contributed by atoms with Gasteiger partial charge in [-0.15, -0.1) is 0 Å². The number of carbonyl (C=O) groups is 1. The van der Waals surface area contributed by atoms with Gasteiger partial charge in [0.05, 0.1) is 24.2 Å². The first-order valence-electron chi connectivity index (χ1n) is 10.4.